The van der Waals surface area contributed by atoms with Crippen molar-refractivity contribution in [3.05, 3.63) is 66.0 Å². The SMILES string of the molecule is O=C(c1ccc2c(c1)ncn2C1CCCCC1)N1CC[NH+](Cc2ccccc2)CC1. The second-order valence-electron chi connectivity index (χ2n) is 8.85. The fourth-order valence-corrected chi connectivity index (χ4v) is 5.08. The summed E-state index contributed by atoms with van der Waals surface area (Å²) in [4.78, 5) is 21.3. The molecular weight excluding hydrogens is 372 g/mol. The van der Waals surface area contributed by atoms with Crippen molar-refractivity contribution in [2.24, 2.45) is 0 Å². The first-order valence-electron chi connectivity index (χ1n) is 11.4. The average Bonchev–Trinajstić information content (AvgIpc) is 3.24. The highest BCUT2D eigenvalue weighted by Crippen LogP contribution is 2.31. The Hall–Kier alpha value is -2.66. The van der Waals surface area contributed by atoms with Crippen LogP contribution in [0, 0.1) is 0 Å². The molecule has 1 aromatic heterocycles. The third-order valence-corrected chi connectivity index (χ3v) is 6.84. The summed E-state index contributed by atoms with van der Waals surface area (Å²) in [6.07, 6.45) is 8.41. The first-order valence-corrected chi connectivity index (χ1v) is 11.4. The van der Waals surface area contributed by atoms with Gasteiger partial charge in [0, 0.05) is 17.2 Å². The van der Waals surface area contributed by atoms with Crippen molar-refractivity contribution < 1.29 is 9.69 Å². The second kappa shape index (κ2) is 8.60. The van der Waals surface area contributed by atoms with Crippen molar-refractivity contribution in [2.45, 2.75) is 44.7 Å². The topological polar surface area (TPSA) is 42.6 Å². The lowest BCUT2D eigenvalue weighted by atomic mass is 9.95. The van der Waals surface area contributed by atoms with Crippen molar-refractivity contribution >= 4 is 16.9 Å². The Kier molecular flexibility index (Phi) is 5.54. The Bertz CT molecular complexity index is 998. The first kappa shape index (κ1) is 19.3. The van der Waals surface area contributed by atoms with Crippen LogP contribution in [0.1, 0.15) is 54.1 Å². The molecule has 30 heavy (non-hydrogen) atoms. The summed E-state index contributed by atoms with van der Waals surface area (Å²) < 4.78 is 2.33. The van der Waals surface area contributed by atoms with Gasteiger partial charge in [0.1, 0.15) is 6.54 Å². The second-order valence-corrected chi connectivity index (χ2v) is 8.85. The fourth-order valence-electron chi connectivity index (χ4n) is 5.08. The van der Waals surface area contributed by atoms with Gasteiger partial charge in [-0.15, -0.1) is 0 Å². The molecule has 2 fully saturated rings. The van der Waals surface area contributed by atoms with Crippen LogP contribution in [0.15, 0.2) is 54.9 Å². The first-order chi connectivity index (χ1) is 14.8. The van der Waals surface area contributed by atoms with Gasteiger partial charge in [0.25, 0.3) is 5.91 Å². The number of hydrogen-bond acceptors (Lipinski definition) is 2. The number of aromatic nitrogens is 2. The van der Waals surface area contributed by atoms with E-state index in [1.54, 1.807) is 4.90 Å². The zero-order valence-corrected chi connectivity index (χ0v) is 17.6. The van der Waals surface area contributed by atoms with Crippen LogP contribution in [0.4, 0.5) is 0 Å². The molecule has 1 amide bonds. The van der Waals surface area contributed by atoms with Gasteiger partial charge in [0.15, 0.2) is 0 Å². The molecule has 2 aliphatic rings. The normalized spacial score (nSPS) is 18.7. The van der Waals surface area contributed by atoms with Gasteiger partial charge in [-0.3, -0.25) is 4.79 Å². The number of carbonyl (C=O) groups excluding carboxylic acids is 1. The number of amides is 1. The number of rotatable bonds is 4. The van der Waals surface area contributed by atoms with Gasteiger partial charge in [0.05, 0.1) is 43.5 Å². The highest BCUT2D eigenvalue weighted by Gasteiger charge is 2.25. The summed E-state index contributed by atoms with van der Waals surface area (Å²) in [6.45, 7) is 4.66. The average molecular weight is 404 g/mol. The molecule has 2 heterocycles. The molecule has 0 radical (unpaired) electrons. The molecule has 0 unspecified atom stereocenters. The van der Waals surface area contributed by atoms with E-state index in [1.165, 1.54) is 37.7 Å². The third-order valence-electron chi connectivity index (χ3n) is 6.84. The summed E-state index contributed by atoms with van der Waals surface area (Å²) in [5, 5.41) is 0. The third kappa shape index (κ3) is 3.99. The van der Waals surface area contributed by atoms with Crippen molar-refractivity contribution in [1.29, 1.82) is 0 Å². The van der Waals surface area contributed by atoms with Crippen molar-refractivity contribution in [2.75, 3.05) is 26.2 Å². The van der Waals surface area contributed by atoms with E-state index in [4.69, 9.17) is 0 Å². The Labute approximate surface area is 178 Å². The zero-order chi connectivity index (χ0) is 20.3. The minimum atomic E-state index is 0.142. The molecule has 5 rings (SSSR count). The molecule has 2 aromatic carbocycles. The summed E-state index contributed by atoms with van der Waals surface area (Å²) in [5.74, 6) is 0.142. The smallest absolute Gasteiger partial charge is 0.254 e. The lowest BCUT2D eigenvalue weighted by Crippen LogP contribution is -3.13. The maximum Gasteiger partial charge on any atom is 0.254 e. The largest absolute Gasteiger partial charge is 0.328 e. The van der Waals surface area contributed by atoms with E-state index in [-0.39, 0.29) is 5.91 Å². The number of imidazole rings is 1. The molecule has 5 heteroatoms. The van der Waals surface area contributed by atoms with Gasteiger partial charge in [-0.1, -0.05) is 49.6 Å². The summed E-state index contributed by atoms with van der Waals surface area (Å²) >= 11 is 0. The highest BCUT2D eigenvalue weighted by molar-refractivity contribution is 5.97. The number of hydrogen-bond donors (Lipinski definition) is 1. The molecule has 0 atom stereocenters. The number of nitrogens with one attached hydrogen (secondary N) is 1. The quantitative estimate of drug-likeness (QED) is 0.728. The van der Waals surface area contributed by atoms with E-state index in [2.05, 4.69) is 45.9 Å². The van der Waals surface area contributed by atoms with Crippen LogP contribution in [0.3, 0.4) is 0 Å². The standard InChI is InChI=1S/C25H30N4O/c30-25(28-15-13-27(14-16-28)18-20-7-3-1-4-8-20)21-11-12-24-23(17-21)26-19-29(24)22-9-5-2-6-10-22/h1,3-4,7-8,11-12,17,19,22H,2,5-6,9-10,13-16,18H2/p+1. The van der Waals surface area contributed by atoms with E-state index in [9.17, 15) is 4.79 Å². The predicted octanol–water partition coefficient (Wildman–Crippen LogP) is 3.08. The maximum absolute atomic E-state index is 13.1. The van der Waals surface area contributed by atoms with Crippen LogP contribution in [0.2, 0.25) is 0 Å². The summed E-state index contributed by atoms with van der Waals surface area (Å²) in [7, 11) is 0. The number of carbonyl (C=O) groups is 1. The molecule has 0 spiro atoms. The molecule has 3 aromatic rings. The molecule has 0 bridgehead atoms. The van der Waals surface area contributed by atoms with Crippen molar-refractivity contribution in [1.82, 2.24) is 14.5 Å². The van der Waals surface area contributed by atoms with Crippen molar-refractivity contribution in [3.63, 3.8) is 0 Å². The van der Waals surface area contributed by atoms with Crippen LogP contribution in [0.5, 0.6) is 0 Å². The monoisotopic (exact) mass is 403 g/mol. The number of piperazine rings is 1. The van der Waals surface area contributed by atoms with Gasteiger partial charge < -0.3 is 14.4 Å². The minimum Gasteiger partial charge on any atom is -0.328 e. The summed E-state index contributed by atoms with van der Waals surface area (Å²) in [5.41, 5.74) is 4.24. The Balaban J connectivity index is 1.24. The Morgan fingerprint density at radius 2 is 1.77 bits per heavy atom. The molecule has 5 nitrogen and oxygen atoms in total. The highest BCUT2D eigenvalue weighted by atomic mass is 16.2. The number of fused-ring (bicyclic) bond motifs is 1. The molecular formula is C25H31N4O+. The molecule has 1 aliphatic heterocycles. The van der Waals surface area contributed by atoms with Gasteiger partial charge in [0.2, 0.25) is 0 Å². The number of benzene rings is 2. The van der Waals surface area contributed by atoms with Crippen LogP contribution in [-0.4, -0.2) is 46.5 Å². The van der Waals surface area contributed by atoms with E-state index in [0.29, 0.717) is 6.04 Å². The fraction of sp³-hybridized carbons (Fsp3) is 0.440. The number of quaternary nitrogens is 1. The van der Waals surface area contributed by atoms with E-state index < -0.39 is 0 Å². The van der Waals surface area contributed by atoms with E-state index in [1.807, 2.05) is 23.4 Å². The molecule has 1 saturated carbocycles. The molecule has 1 aliphatic carbocycles. The van der Waals surface area contributed by atoms with Crippen LogP contribution >= 0.6 is 0 Å². The van der Waals surface area contributed by atoms with Crippen LogP contribution in [-0.2, 0) is 6.54 Å². The Morgan fingerprint density at radius 3 is 2.53 bits per heavy atom. The van der Waals surface area contributed by atoms with E-state index in [0.717, 1.165) is 49.3 Å². The molecule has 1 N–H and O–H groups in total. The maximum atomic E-state index is 13.1. The zero-order valence-electron chi connectivity index (χ0n) is 17.6. The van der Waals surface area contributed by atoms with Gasteiger partial charge in [-0.05, 0) is 31.0 Å². The lowest BCUT2D eigenvalue weighted by Gasteiger charge is -2.32. The lowest BCUT2D eigenvalue weighted by molar-refractivity contribution is -0.917. The minimum absolute atomic E-state index is 0.142. The number of nitrogens with zero attached hydrogens (tertiary/aromatic N) is 3. The van der Waals surface area contributed by atoms with Crippen LogP contribution < -0.4 is 4.90 Å². The Morgan fingerprint density at radius 1 is 1.00 bits per heavy atom. The summed E-state index contributed by atoms with van der Waals surface area (Å²) in [6, 6.07) is 17.3. The van der Waals surface area contributed by atoms with Gasteiger partial charge in [-0.2, -0.15) is 0 Å². The van der Waals surface area contributed by atoms with Crippen molar-refractivity contribution in [3.8, 4) is 0 Å². The predicted molar refractivity (Wildman–Crippen MR) is 119 cm³/mol. The molecule has 1 saturated heterocycles. The molecule has 156 valence electrons. The van der Waals surface area contributed by atoms with Gasteiger partial charge >= 0.3 is 0 Å². The van der Waals surface area contributed by atoms with Gasteiger partial charge in [-0.25, -0.2) is 4.98 Å². The van der Waals surface area contributed by atoms with Crippen LogP contribution in [0.25, 0.3) is 11.0 Å². The van der Waals surface area contributed by atoms with E-state index >= 15 is 0 Å².